The van der Waals surface area contributed by atoms with E-state index in [1.54, 1.807) is 0 Å². The van der Waals surface area contributed by atoms with Gasteiger partial charge in [0.15, 0.2) is 6.61 Å². The second kappa shape index (κ2) is 7.53. The summed E-state index contributed by atoms with van der Waals surface area (Å²) >= 11 is 5.81. The fourth-order valence-electron chi connectivity index (χ4n) is 1.64. The van der Waals surface area contributed by atoms with E-state index >= 15 is 0 Å². The molecule has 0 bridgehead atoms. The first-order valence-electron chi connectivity index (χ1n) is 6.69. The third-order valence-electron chi connectivity index (χ3n) is 2.93. The minimum absolute atomic E-state index is 0.00247. The quantitative estimate of drug-likeness (QED) is 0.576. The third kappa shape index (κ3) is 4.86. The maximum Gasteiger partial charge on any atom is 0.340 e. The number of phenols is 1. The van der Waals surface area contributed by atoms with Gasteiger partial charge in [0.1, 0.15) is 11.5 Å². The molecule has 2 aromatic rings. The number of alkyl halides is 4. The van der Waals surface area contributed by atoms with Crippen LogP contribution in [0.1, 0.15) is 5.56 Å². The molecule has 128 valence electrons. The Morgan fingerprint density at radius 1 is 1.17 bits per heavy atom. The Balaban J connectivity index is 2.02. The lowest BCUT2D eigenvalue weighted by Gasteiger charge is -2.15. The lowest BCUT2D eigenvalue weighted by molar-refractivity contribution is -0.148. The van der Waals surface area contributed by atoms with E-state index in [-0.39, 0.29) is 11.5 Å². The van der Waals surface area contributed by atoms with E-state index in [1.807, 2.05) is 0 Å². The third-order valence-corrected chi connectivity index (χ3v) is 3.16. The van der Waals surface area contributed by atoms with Crippen molar-refractivity contribution in [2.45, 2.75) is 12.3 Å². The SMILES string of the molecule is Oc1ccc(Cl)cc1C=Nc1ccc(OCC(F)(F)C(F)F)cc1. The Kier molecular flexibility index (Phi) is 5.66. The van der Waals surface area contributed by atoms with Crippen LogP contribution in [0.4, 0.5) is 23.2 Å². The second-order valence-electron chi connectivity index (χ2n) is 4.81. The Hall–Kier alpha value is -2.28. The summed E-state index contributed by atoms with van der Waals surface area (Å²) in [5, 5.41) is 10.1. The lowest BCUT2D eigenvalue weighted by Crippen LogP contribution is -2.33. The van der Waals surface area contributed by atoms with Gasteiger partial charge in [0.2, 0.25) is 0 Å². The molecule has 0 unspecified atom stereocenters. The zero-order valence-corrected chi connectivity index (χ0v) is 12.9. The molecular formula is C16H12ClF4NO2. The van der Waals surface area contributed by atoms with E-state index in [1.165, 1.54) is 48.7 Å². The summed E-state index contributed by atoms with van der Waals surface area (Å²) in [5.74, 6) is -4.20. The summed E-state index contributed by atoms with van der Waals surface area (Å²) in [6.07, 6.45) is -2.41. The number of halogens is 5. The molecule has 0 amide bonds. The smallest absolute Gasteiger partial charge is 0.340 e. The van der Waals surface area contributed by atoms with E-state index in [4.69, 9.17) is 11.6 Å². The standard InChI is InChI=1S/C16H12ClF4NO2/c17-11-1-6-14(23)10(7-11)8-22-12-2-4-13(5-3-12)24-9-16(20,21)15(18)19/h1-8,15,23H,9H2. The number of nitrogens with zero attached hydrogens (tertiary/aromatic N) is 1. The molecule has 24 heavy (non-hydrogen) atoms. The van der Waals surface area contributed by atoms with Crippen molar-refractivity contribution in [3.05, 3.63) is 53.1 Å². The largest absolute Gasteiger partial charge is 0.507 e. The number of aromatic hydroxyl groups is 1. The van der Waals surface area contributed by atoms with Crippen molar-refractivity contribution < 1.29 is 27.4 Å². The number of phenolic OH excluding ortho intramolecular Hbond substituents is 1. The van der Waals surface area contributed by atoms with Crippen molar-refractivity contribution in [1.29, 1.82) is 0 Å². The molecule has 0 aromatic heterocycles. The van der Waals surface area contributed by atoms with Gasteiger partial charge >= 0.3 is 12.3 Å². The van der Waals surface area contributed by atoms with Gasteiger partial charge in [-0.1, -0.05) is 11.6 Å². The molecule has 8 heteroatoms. The zero-order valence-electron chi connectivity index (χ0n) is 12.1. The minimum atomic E-state index is -4.21. The normalized spacial score (nSPS) is 12.1. The summed E-state index contributed by atoms with van der Waals surface area (Å²) in [5.41, 5.74) is 0.849. The topological polar surface area (TPSA) is 41.8 Å². The van der Waals surface area contributed by atoms with Crippen LogP contribution < -0.4 is 4.74 Å². The van der Waals surface area contributed by atoms with Crippen molar-refractivity contribution in [2.75, 3.05) is 6.61 Å². The molecular weight excluding hydrogens is 350 g/mol. The molecule has 2 rings (SSSR count). The molecule has 0 radical (unpaired) electrons. The van der Waals surface area contributed by atoms with Gasteiger partial charge in [-0.25, -0.2) is 8.78 Å². The average Bonchev–Trinajstić information content (AvgIpc) is 2.54. The molecule has 0 saturated carbocycles. The van der Waals surface area contributed by atoms with Gasteiger partial charge in [0, 0.05) is 16.8 Å². The first-order valence-corrected chi connectivity index (χ1v) is 7.07. The first kappa shape index (κ1) is 18.1. The number of benzene rings is 2. The van der Waals surface area contributed by atoms with E-state index in [0.29, 0.717) is 16.3 Å². The highest BCUT2D eigenvalue weighted by Gasteiger charge is 2.41. The minimum Gasteiger partial charge on any atom is -0.507 e. The lowest BCUT2D eigenvalue weighted by atomic mass is 10.2. The molecule has 0 saturated heterocycles. The van der Waals surface area contributed by atoms with E-state index in [0.717, 1.165) is 0 Å². The van der Waals surface area contributed by atoms with Crippen LogP contribution >= 0.6 is 11.6 Å². The van der Waals surface area contributed by atoms with Gasteiger partial charge in [-0.2, -0.15) is 8.78 Å². The van der Waals surface area contributed by atoms with Crippen LogP contribution in [0.15, 0.2) is 47.5 Å². The predicted octanol–water partition coefficient (Wildman–Crippen LogP) is 5.08. The van der Waals surface area contributed by atoms with Crippen LogP contribution in [0.5, 0.6) is 11.5 Å². The van der Waals surface area contributed by atoms with E-state index < -0.39 is 19.0 Å². The van der Waals surface area contributed by atoms with Crippen molar-refractivity contribution in [2.24, 2.45) is 4.99 Å². The molecule has 2 aromatic carbocycles. The van der Waals surface area contributed by atoms with Crippen molar-refractivity contribution in [3.8, 4) is 11.5 Å². The number of rotatable bonds is 6. The Labute approximate surface area is 140 Å². The van der Waals surface area contributed by atoms with Crippen molar-refractivity contribution in [3.63, 3.8) is 0 Å². The van der Waals surface area contributed by atoms with Crippen LogP contribution in [-0.2, 0) is 0 Å². The Morgan fingerprint density at radius 3 is 2.46 bits per heavy atom. The van der Waals surface area contributed by atoms with Crippen molar-refractivity contribution >= 4 is 23.5 Å². The second-order valence-corrected chi connectivity index (χ2v) is 5.24. The Morgan fingerprint density at radius 2 is 1.83 bits per heavy atom. The molecule has 0 spiro atoms. The molecule has 0 atom stereocenters. The fraction of sp³-hybridized carbons (Fsp3) is 0.188. The molecule has 0 fully saturated rings. The highest BCUT2D eigenvalue weighted by molar-refractivity contribution is 6.30. The number of hydrogen-bond acceptors (Lipinski definition) is 3. The van der Waals surface area contributed by atoms with Crippen LogP contribution in [0.2, 0.25) is 5.02 Å². The maximum atomic E-state index is 12.8. The van der Waals surface area contributed by atoms with E-state index in [2.05, 4.69) is 9.73 Å². The van der Waals surface area contributed by atoms with Crippen LogP contribution in [0, 0.1) is 0 Å². The molecule has 3 nitrogen and oxygen atoms in total. The molecule has 0 aliphatic heterocycles. The van der Waals surface area contributed by atoms with Gasteiger partial charge < -0.3 is 9.84 Å². The summed E-state index contributed by atoms with van der Waals surface area (Å²) in [6.45, 7) is -1.41. The summed E-state index contributed by atoms with van der Waals surface area (Å²) in [6, 6.07) is 10.0. The highest BCUT2D eigenvalue weighted by atomic mass is 35.5. The van der Waals surface area contributed by atoms with Crippen molar-refractivity contribution in [1.82, 2.24) is 0 Å². The van der Waals surface area contributed by atoms with Crippen LogP contribution in [0.25, 0.3) is 0 Å². The fourth-order valence-corrected chi connectivity index (χ4v) is 1.82. The van der Waals surface area contributed by atoms with Gasteiger partial charge in [-0.15, -0.1) is 0 Å². The summed E-state index contributed by atoms with van der Waals surface area (Å²) < 4.78 is 54.2. The average molecular weight is 362 g/mol. The molecule has 0 aliphatic rings. The summed E-state index contributed by atoms with van der Waals surface area (Å²) in [7, 11) is 0. The zero-order chi connectivity index (χ0) is 17.7. The van der Waals surface area contributed by atoms with E-state index in [9.17, 15) is 22.7 Å². The molecule has 0 aliphatic carbocycles. The first-order chi connectivity index (χ1) is 11.3. The monoisotopic (exact) mass is 361 g/mol. The van der Waals surface area contributed by atoms with Gasteiger partial charge in [-0.3, -0.25) is 4.99 Å². The van der Waals surface area contributed by atoms with Crippen LogP contribution in [0.3, 0.4) is 0 Å². The number of aliphatic imine (C=N–C) groups is 1. The molecule has 0 heterocycles. The highest BCUT2D eigenvalue weighted by Crippen LogP contribution is 2.26. The van der Waals surface area contributed by atoms with Gasteiger partial charge in [0.05, 0.1) is 5.69 Å². The maximum absolute atomic E-state index is 12.8. The number of ether oxygens (including phenoxy) is 1. The van der Waals surface area contributed by atoms with Crippen LogP contribution in [-0.4, -0.2) is 30.3 Å². The van der Waals surface area contributed by atoms with Gasteiger partial charge in [-0.05, 0) is 42.5 Å². The number of hydrogen-bond donors (Lipinski definition) is 1. The van der Waals surface area contributed by atoms with Gasteiger partial charge in [0.25, 0.3) is 0 Å². The predicted molar refractivity (Wildman–Crippen MR) is 83.3 cm³/mol. The molecule has 1 N–H and O–H groups in total. The Bertz CT molecular complexity index is 721. The summed E-state index contributed by atoms with van der Waals surface area (Å²) in [4.78, 5) is 4.09.